The van der Waals surface area contributed by atoms with Gasteiger partial charge in [-0.3, -0.25) is 0 Å². The fraction of sp³-hybridized carbons (Fsp3) is 0.733. The van der Waals surface area contributed by atoms with E-state index in [4.69, 9.17) is 0 Å². The molecule has 0 bridgehead atoms. The Bertz CT molecular complexity index is 403. The molecule has 0 spiro atoms. The van der Waals surface area contributed by atoms with Crippen molar-refractivity contribution in [1.82, 2.24) is 14.9 Å². The molecule has 0 radical (unpaired) electrons. The molecule has 1 aromatic rings. The first-order chi connectivity index (χ1) is 9.06. The van der Waals surface area contributed by atoms with Crippen LogP contribution in [0.4, 0.5) is 5.82 Å². The molecule has 1 saturated heterocycles. The highest BCUT2D eigenvalue weighted by molar-refractivity contribution is 5.35. The van der Waals surface area contributed by atoms with E-state index < -0.39 is 0 Å². The van der Waals surface area contributed by atoms with E-state index in [1.807, 2.05) is 0 Å². The summed E-state index contributed by atoms with van der Waals surface area (Å²) in [6.45, 7) is 12.3. The Hall–Kier alpha value is -1.16. The lowest BCUT2D eigenvalue weighted by atomic mass is 10.1. The van der Waals surface area contributed by atoms with Crippen LogP contribution in [-0.2, 0) is 0 Å². The van der Waals surface area contributed by atoms with Gasteiger partial charge >= 0.3 is 0 Å². The van der Waals surface area contributed by atoms with Crippen molar-refractivity contribution in [3.8, 4) is 0 Å². The van der Waals surface area contributed by atoms with Crippen LogP contribution in [-0.4, -0.2) is 40.5 Å². The van der Waals surface area contributed by atoms with Crippen LogP contribution in [0.1, 0.15) is 45.7 Å². The molecule has 0 aromatic carbocycles. The van der Waals surface area contributed by atoms with Crippen LogP contribution in [0.5, 0.6) is 0 Å². The topological polar surface area (TPSA) is 41.0 Å². The molecule has 1 aromatic heterocycles. The summed E-state index contributed by atoms with van der Waals surface area (Å²) >= 11 is 0. The molecular formula is C15H26N4. The normalized spacial score (nSPS) is 20.4. The minimum Gasteiger partial charge on any atom is -0.370 e. The van der Waals surface area contributed by atoms with Crippen molar-refractivity contribution >= 4 is 5.82 Å². The standard InChI is InChI=1S/C15H26N4/c1-11(2)14-7-15(18-10-17-14)16-8-13-5-6-19(9-13)12(3)4/h7,10-13H,5-6,8-9H2,1-4H3,(H,16,17,18). The summed E-state index contributed by atoms with van der Waals surface area (Å²) in [5, 5.41) is 3.46. The minimum absolute atomic E-state index is 0.450. The molecule has 4 nitrogen and oxygen atoms in total. The zero-order chi connectivity index (χ0) is 13.8. The highest BCUT2D eigenvalue weighted by Gasteiger charge is 2.23. The van der Waals surface area contributed by atoms with Crippen molar-refractivity contribution in [2.75, 3.05) is 25.0 Å². The van der Waals surface area contributed by atoms with Gasteiger partial charge in [0, 0.05) is 30.9 Å². The first-order valence-electron chi connectivity index (χ1n) is 7.36. The number of likely N-dealkylation sites (tertiary alicyclic amines) is 1. The monoisotopic (exact) mass is 262 g/mol. The summed E-state index contributed by atoms with van der Waals surface area (Å²) < 4.78 is 0. The number of aromatic nitrogens is 2. The van der Waals surface area contributed by atoms with Crippen LogP contribution in [0.25, 0.3) is 0 Å². The van der Waals surface area contributed by atoms with E-state index in [-0.39, 0.29) is 0 Å². The lowest BCUT2D eigenvalue weighted by Crippen LogP contribution is -2.29. The molecular weight excluding hydrogens is 236 g/mol. The quantitative estimate of drug-likeness (QED) is 0.886. The third kappa shape index (κ3) is 3.90. The third-order valence-corrected chi connectivity index (χ3v) is 3.90. The molecule has 4 heteroatoms. The van der Waals surface area contributed by atoms with E-state index in [1.165, 1.54) is 19.5 Å². The molecule has 0 amide bonds. The minimum atomic E-state index is 0.450. The Labute approximate surface area is 116 Å². The zero-order valence-electron chi connectivity index (χ0n) is 12.6. The molecule has 106 valence electrons. The SMILES string of the molecule is CC(C)c1cc(NCC2CCN(C(C)C)C2)ncn1. The van der Waals surface area contributed by atoms with Crippen molar-refractivity contribution in [3.63, 3.8) is 0 Å². The van der Waals surface area contributed by atoms with Crippen LogP contribution in [0.2, 0.25) is 0 Å². The summed E-state index contributed by atoms with van der Waals surface area (Å²) in [4.78, 5) is 11.1. The fourth-order valence-electron chi connectivity index (χ4n) is 2.53. The van der Waals surface area contributed by atoms with Gasteiger partial charge in [0.1, 0.15) is 12.1 Å². The van der Waals surface area contributed by atoms with Crippen molar-refractivity contribution in [3.05, 3.63) is 18.1 Å². The van der Waals surface area contributed by atoms with Crippen LogP contribution < -0.4 is 5.32 Å². The van der Waals surface area contributed by atoms with Crippen LogP contribution in [0.15, 0.2) is 12.4 Å². The van der Waals surface area contributed by atoms with Crippen LogP contribution in [0.3, 0.4) is 0 Å². The smallest absolute Gasteiger partial charge is 0.129 e. The lowest BCUT2D eigenvalue weighted by molar-refractivity contribution is 0.266. The molecule has 0 aliphatic carbocycles. The molecule has 1 aliphatic heterocycles. The van der Waals surface area contributed by atoms with Gasteiger partial charge in [0.25, 0.3) is 0 Å². The van der Waals surface area contributed by atoms with Gasteiger partial charge in [0.15, 0.2) is 0 Å². The van der Waals surface area contributed by atoms with Gasteiger partial charge in [-0.25, -0.2) is 9.97 Å². The van der Waals surface area contributed by atoms with Gasteiger partial charge in [0.2, 0.25) is 0 Å². The van der Waals surface area contributed by atoms with Gasteiger partial charge in [0.05, 0.1) is 0 Å². The second-order valence-corrected chi connectivity index (χ2v) is 6.11. The van der Waals surface area contributed by atoms with Crippen LogP contribution >= 0.6 is 0 Å². The largest absolute Gasteiger partial charge is 0.370 e. The number of rotatable bonds is 5. The molecule has 1 fully saturated rings. The van der Waals surface area contributed by atoms with Crippen molar-refractivity contribution in [2.24, 2.45) is 5.92 Å². The third-order valence-electron chi connectivity index (χ3n) is 3.90. The Balaban J connectivity index is 1.84. The van der Waals surface area contributed by atoms with Crippen molar-refractivity contribution < 1.29 is 0 Å². The highest BCUT2D eigenvalue weighted by atomic mass is 15.2. The molecule has 1 N–H and O–H groups in total. The molecule has 19 heavy (non-hydrogen) atoms. The van der Waals surface area contributed by atoms with E-state index in [0.29, 0.717) is 12.0 Å². The number of nitrogens with zero attached hydrogens (tertiary/aromatic N) is 3. The molecule has 2 heterocycles. The Morgan fingerprint density at radius 2 is 2.11 bits per heavy atom. The number of nitrogens with one attached hydrogen (secondary N) is 1. The highest BCUT2D eigenvalue weighted by Crippen LogP contribution is 2.19. The Morgan fingerprint density at radius 1 is 1.32 bits per heavy atom. The Kier molecular flexibility index (Phi) is 4.75. The molecule has 1 aliphatic rings. The molecule has 1 unspecified atom stereocenters. The predicted octanol–water partition coefficient (Wildman–Crippen LogP) is 2.74. The predicted molar refractivity (Wildman–Crippen MR) is 79.4 cm³/mol. The summed E-state index contributed by atoms with van der Waals surface area (Å²) in [6, 6.07) is 2.73. The second-order valence-electron chi connectivity index (χ2n) is 6.11. The summed E-state index contributed by atoms with van der Waals surface area (Å²) in [7, 11) is 0. The molecule has 0 saturated carbocycles. The van der Waals surface area contributed by atoms with Gasteiger partial charge < -0.3 is 10.2 Å². The van der Waals surface area contributed by atoms with Gasteiger partial charge in [-0.15, -0.1) is 0 Å². The molecule has 1 atom stereocenters. The maximum absolute atomic E-state index is 4.30. The van der Waals surface area contributed by atoms with Gasteiger partial charge in [-0.1, -0.05) is 13.8 Å². The zero-order valence-corrected chi connectivity index (χ0v) is 12.6. The number of hydrogen-bond donors (Lipinski definition) is 1. The average molecular weight is 262 g/mol. The second kappa shape index (κ2) is 6.33. The van der Waals surface area contributed by atoms with Crippen molar-refractivity contribution in [1.29, 1.82) is 0 Å². The van der Waals surface area contributed by atoms with E-state index in [9.17, 15) is 0 Å². The Morgan fingerprint density at radius 3 is 2.74 bits per heavy atom. The lowest BCUT2D eigenvalue weighted by Gasteiger charge is -2.20. The van der Waals surface area contributed by atoms with Gasteiger partial charge in [-0.05, 0) is 38.6 Å². The van der Waals surface area contributed by atoms with E-state index in [0.717, 1.165) is 24.0 Å². The first-order valence-corrected chi connectivity index (χ1v) is 7.36. The van der Waals surface area contributed by atoms with Crippen LogP contribution in [0, 0.1) is 5.92 Å². The average Bonchev–Trinajstić information content (AvgIpc) is 2.85. The number of anilines is 1. The molecule has 2 rings (SSSR count). The summed E-state index contributed by atoms with van der Waals surface area (Å²) in [5.41, 5.74) is 1.10. The summed E-state index contributed by atoms with van der Waals surface area (Å²) in [5.74, 6) is 2.15. The first kappa shape index (κ1) is 14.3. The maximum atomic E-state index is 4.30. The number of hydrogen-bond acceptors (Lipinski definition) is 4. The van der Waals surface area contributed by atoms with E-state index in [2.05, 4.69) is 53.9 Å². The van der Waals surface area contributed by atoms with E-state index >= 15 is 0 Å². The summed E-state index contributed by atoms with van der Waals surface area (Å²) in [6.07, 6.45) is 2.94. The van der Waals surface area contributed by atoms with Gasteiger partial charge in [-0.2, -0.15) is 0 Å². The fourth-order valence-corrected chi connectivity index (χ4v) is 2.53. The van der Waals surface area contributed by atoms with E-state index in [1.54, 1.807) is 6.33 Å². The van der Waals surface area contributed by atoms with Crippen molar-refractivity contribution in [2.45, 2.75) is 46.1 Å². The maximum Gasteiger partial charge on any atom is 0.129 e.